The lowest BCUT2D eigenvalue weighted by atomic mass is 10.1. The van der Waals surface area contributed by atoms with Crippen molar-refractivity contribution in [1.29, 1.82) is 0 Å². The van der Waals surface area contributed by atoms with E-state index in [1.165, 1.54) is 60.7 Å². The van der Waals surface area contributed by atoms with Crippen LogP contribution in [0.2, 0.25) is 0 Å². The van der Waals surface area contributed by atoms with Crippen LogP contribution in [0.1, 0.15) is 21.5 Å². The fourth-order valence-electron chi connectivity index (χ4n) is 2.69. The average Bonchev–Trinajstić information content (AvgIpc) is 2.73. The van der Waals surface area contributed by atoms with Crippen LogP contribution < -0.4 is 10.0 Å². The summed E-state index contributed by atoms with van der Waals surface area (Å²) in [4.78, 5) is 24.8. The maximum absolute atomic E-state index is 13.0. The van der Waals surface area contributed by atoms with Crippen LogP contribution in [0.15, 0.2) is 83.8 Å². The molecule has 0 atom stereocenters. The molecule has 0 fully saturated rings. The Morgan fingerprint density at radius 3 is 2.23 bits per heavy atom. The number of halogens is 1. The van der Waals surface area contributed by atoms with E-state index in [9.17, 15) is 22.4 Å². The number of carbonyl (C=O) groups is 2. The lowest BCUT2D eigenvalue weighted by molar-refractivity contribution is 0.104. The van der Waals surface area contributed by atoms with E-state index in [1.807, 2.05) is 11.6 Å². The molecule has 0 aliphatic heterocycles. The van der Waals surface area contributed by atoms with E-state index in [-0.39, 0.29) is 22.0 Å². The van der Waals surface area contributed by atoms with E-state index in [2.05, 4.69) is 5.32 Å². The summed E-state index contributed by atoms with van der Waals surface area (Å²) in [6.45, 7) is 1.81. The largest absolute Gasteiger partial charge is 0.333 e. The normalized spacial score (nSPS) is 11.3. The lowest BCUT2D eigenvalue weighted by Crippen LogP contribution is -2.34. The van der Waals surface area contributed by atoms with Gasteiger partial charge in [-0.1, -0.05) is 48.0 Å². The zero-order valence-electron chi connectivity index (χ0n) is 16.5. The molecule has 2 amide bonds. The number of carbonyl (C=O) groups excluding carboxylic acids is 2. The Labute approximate surface area is 179 Å². The van der Waals surface area contributed by atoms with Crippen molar-refractivity contribution in [2.75, 3.05) is 5.32 Å². The van der Waals surface area contributed by atoms with Gasteiger partial charge in [-0.15, -0.1) is 0 Å². The topological polar surface area (TPSA) is 92.3 Å². The molecule has 8 heteroatoms. The van der Waals surface area contributed by atoms with Crippen molar-refractivity contribution in [1.82, 2.24) is 4.72 Å². The third kappa shape index (κ3) is 5.86. The molecule has 0 aliphatic carbocycles. The number of allylic oxidation sites excluding steroid dienone is 1. The van der Waals surface area contributed by atoms with Crippen molar-refractivity contribution in [3.63, 3.8) is 0 Å². The molecule has 31 heavy (non-hydrogen) atoms. The number of aryl methyl sites for hydroxylation is 1. The van der Waals surface area contributed by atoms with E-state index in [0.29, 0.717) is 5.56 Å². The van der Waals surface area contributed by atoms with Crippen molar-refractivity contribution in [2.24, 2.45) is 0 Å². The molecule has 3 aromatic carbocycles. The molecule has 158 valence electrons. The zero-order valence-corrected chi connectivity index (χ0v) is 17.3. The van der Waals surface area contributed by atoms with Gasteiger partial charge in [-0.05, 0) is 55.0 Å². The Kier molecular flexibility index (Phi) is 6.61. The molecule has 0 bridgehead atoms. The number of amides is 2. The highest BCUT2D eigenvalue weighted by atomic mass is 32.2. The molecule has 6 nitrogen and oxygen atoms in total. The summed E-state index contributed by atoms with van der Waals surface area (Å²) < 4.78 is 39.7. The van der Waals surface area contributed by atoms with Gasteiger partial charge in [0.15, 0.2) is 5.78 Å². The van der Waals surface area contributed by atoms with Crippen LogP contribution >= 0.6 is 0 Å². The van der Waals surface area contributed by atoms with Gasteiger partial charge in [-0.3, -0.25) is 4.79 Å². The molecule has 0 saturated heterocycles. The van der Waals surface area contributed by atoms with Crippen LogP contribution in [0.5, 0.6) is 0 Å². The number of hydrogen-bond acceptors (Lipinski definition) is 4. The second kappa shape index (κ2) is 9.36. The number of para-hydroxylation sites is 1. The minimum absolute atomic E-state index is 0.0557. The number of rotatable bonds is 6. The van der Waals surface area contributed by atoms with Crippen molar-refractivity contribution in [3.05, 3.63) is 101 Å². The molecule has 0 radical (unpaired) electrons. The summed E-state index contributed by atoms with van der Waals surface area (Å²) in [6.07, 6.45) is 2.80. The second-order valence-electron chi connectivity index (χ2n) is 6.67. The number of benzene rings is 3. The van der Waals surface area contributed by atoms with Gasteiger partial charge in [0.1, 0.15) is 5.82 Å². The monoisotopic (exact) mass is 438 g/mol. The fourth-order valence-corrected chi connectivity index (χ4v) is 3.60. The Balaban J connectivity index is 1.73. The number of hydrogen-bond donors (Lipinski definition) is 2. The summed E-state index contributed by atoms with van der Waals surface area (Å²) in [5.41, 5.74) is 1.82. The summed E-state index contributed by atoms with van der Waals surface area (Å²) in [7, 11) is -4.07. The minimum atomic E-state index is -4.07. The molecule has 0 saturated carbocycles. The molecular formula is C23H19FN2O4S. The van der Waals surface area contributed by atoms with E-state index >= 15 is 0 Å². The third-order valence-corrected chi connectivity index (χ3v) is 5.64. The van der Waals surface area contributed by atoms with Gasteiger partial charge in [0, 0.05) is 5.56 Å². The summed E-state index contributed by atoms with van der Waals surface area (Å²) in [6, 6.07) is 16.8. The first-order valence-electron chi connectivity index (χ1n) is 9.22. The van der Waals surface area contributed by atoms with Crippen molar-refractivity contribution >= 4 is 33.6 Å². The first-order chi connectivity index (χ1) is 14.7. The predicted molar refractivity (Wildman–Crippen MR) is 117 cm³/mol. The highest BCUT2D eigenvalue weighted by Crippen LogP contribution is 2.18. The Morgan fingerprint density at radius 1 is 0.903 bits per heavy atom. The van der Waals surface area contributed by atoms with Crippen LogP contribution in [-0.2, 0) is 10.0 Å². The number of sulfonamides is 1. The van der Waals surface area contributed by atoms with Crippen molar-refractivity contribution in [3.8, 4) is 0 Å². The molecule has 0 aromatic heterocycles. The number of ketones is 1. The van der Waals surface area contributed by atoms with Gasteiger partial charge >= 0.3 is 6.03 Å². The van der Waals surface area contributed by atoms with E-state index in [4.69, 9.17) is 0 Å². The molecule has 0 aliphatic rings. The first kappa shape index (κ1) is 21.9. The van der Waals surface area contributed by atoms with Gasteiger partial charge in [0.2, 0.25) is 0 Å². The fraction of sp³-hybridized carbons (Fsp3) is 0.0435. The van der Waals surface area contributed by atoms with Crippen LogP contribution in [0, 0.1) is 12.7 Å². The number of urea groups is 1. The zero-order chi connectivity index (χ0) is 22.4. The molecule has 0 spiro atoms. The van der Waals surface area contributed by atoms with Crippen molar-refractivity contribution in [2.45, 2.75) is 11.8 Å². The van der Waals surface area contributed by atoms with Gasteiger partial charge in [0.05, 0.1) is 10.6 Å². The highest BCUT2D eigenvalue weighted by molar-refractivity contribution is 7.90. The smallest absolute Gasteiger partial charge is 0.306 e. The standard InChI is InChI=1S/C23H19FN2O4S/c1-16-6-13-19(14-7-16)31(29,30)26-23(28)25-21-5-3-2-4-20(21)22(27)15-10-17-8-11-18(24)12-9-17/h2-15H,1H3,(H2,25,26,28)/b15-10+. The van der Waals surface area contributed by atoms with Crippen LogP contribution in [0.4, 0.5) is 14.9 Å². The maximum atomic E-state index is 13.0. The Hall–Kier alpha value is -3.78. The second-order valence-corrected chi connectivity index (χ2v) is 8.35. The number of nitrogens with one attached hydrogen (secondary N) is 2. The minimum Gasteiger partial charge on any atom is -0.306 e. The number of anilines is 1. The van der Waals surface area contributed by atoms with Gasteiger partial charge < -0.3 is 5.32 Å². The first-order valence-corrected chi connectivity index (χ1v) is 10.7. The van der Waals surface area contributed by atoms with Crippen LogP contribution in [-0.4, -0.2) is 20.2 Å². The van der Waals surface area contributed by atoms with E-state index in [1.54, 1.807) is 24.3 Å². The summed E-state index contributed by atoms with van der Waals surface area (Å²) in [5.74, 6) is -0.800. The summed E-state index contributed by atoms with van der Waals surface area (Å²) in [5, 5.41) is 2.40. The molecule has 0 heterocycles. The molecule has 3 rings (SSSR count). The van der Waals surface area contributed by atoms with Crippen molar-refractivity contribution < 1.29 is 22.4 Å². The van der Waals surface area contributed by atoms with Gasteiger partial charge in [0.25, 0.3) is 10.0 Å². The Morgan fingerprint density at radius 2 is 1.55 bits per heavy atom. The predicted octanol–water partition coefficient (Wildman–Crippen LogP) is 4.54. The molecule has 3 aromatic rings. The van der Waals surface area contributed by atoms with E-state index < -0.39 is 21.8 Å². The quantitative estimate of drug-likeness (QED) is 0.437. The van der Waals surface area contributed by atoms with Gasteiger partial charge in [-0.2, -0.15) is 0 Å². The lowest BCUT2D eigenvalue weighted by Gasteiger charge is -2.11. The molecule has 2 N–H and O–H groups in total. The highest BCUT2D eigenvalue weighted by Gasteiger charge is 2.19. The summed E-state index contributed by atoms with van der Waals surface area (Å²) >= 11 is 0. The molecule has 0 unspecified atom stereocenters. The molecular weight excluding hydrogens is 419 g/mol. The Bertz CT molecular complexity index is 1240. The third-order valence-electron chi connectivity index (χ3n) is 4.30. The van der Waals surface area contributed by atoms with E-state index in [0.717, 1.165) is 5.56 Å². The van der Waals surface area contributed by atoms with Crippen LogP contribution in [0.25, 0.3) is 6.08 Å². The maximum Gasteiger partial charge on any atom is 0.333 e. The van der Waals surface area contributed by atoms with Crippen LogP contribution in [0.3, 0.4) is 0 Å². The SMILES string of the molecule is Cc1ccc(S(=O)(=O)NC(=O)Nc2ccccc2C(=O)/C=C/c2ccc(F)cc2)cc1. The average molecular weight is 438 g/mol. The van der Waals surface area contributed by atoms with Gasteiger partial charge in [-0.25, -0.2) is 22.3 Å².